The molecule has 4 aromatic heterocycles. The van der Waals surface area contributed by atoms with Crippen molar-refractivity contribution in [2.45, 2.75) is 57.2 Å². The molecule has 5 aromatic rings. The fourth-order valence-corrected chi connectivity index (χ4v) is 5.73. The lowest BCUT2D eigenvalue weighted by Crippen LogP contribution is -2.39. The van der Waals surface area contributed by atoms with Crippen LogP contribution >= 0.6 is 11.6 Å². The number of rotatable bonds is 9. The number of hydrogen-bond donors (Lipinski definition) is 1. The summed E-state index contributed by atoms with van der Waals surface area (Å²) in [5.41, 5.74) is 1.98. The summed E-state index contributed by atoms with van der Waals surface area (Å²) in [6.07, 6.45) is 1.10. The molecule has 1 unspecified atom stereocenters. The van der Waals surface area contributed by atoms with Crippen molar-refractivity contribution in [2.75, 3.05) is 19.7 Å². The van der Waals surface area contributed by atoms with Gasteiger partial charge < -0.3 is 19.0 Å². The van der Waals surface area contributed by atoms with Gasteiger partial charge in [0.05, 0.1) is 19.2 Å². The van der Waals surface area contributed by atoms with Gasteiger partial charge in [-0.2, -0.15) is 18.2 Å². The molecule has 16 heteroatoms. The van der Waals surface area contributed by atoms with Gasteiger partial charge >= 0.3 is 6.18 Å². The number of nitrogens with one attached hydrogen (secondary N) is 1. The first kappa shape index (κ1) is 30.4. The smallest absolute Gasteiger partial charge is 0.451 e. The molecule has 0 spiro atoms. The minimum Gasteiger partial charge on any atom is -0.474 e. The molecule has 6 heterocycles. The molecule has 11 nitrogen and oxygen atoms in total. The van der Waals surface area contributed by atoms with Gasteiger partial charge in [-0.3, -0.25) is 4.90 Å². The Morgan fingerprint density at radius 2 is 1.87 bits per heavy atom. The zero-order chi connectivity index (χ0) is 31.8. The van der Waals surface area contributed by atoms with Crippen LogP contribution in [0.1, 0.15) is 42.3 Å². The van der Waals surface area contributed by atoms with Crippen molar-refractivity contribution in [3.05, 3.63) is 76.6 Å². The summed E-state index contributed by atoms with van der Waals surface area (Å²) < 4.78 is 67.3. The van der Waals surface area contributed by atoms with Gasteiger partial charge in [-0.15, -0.1) is 10.2 Å². The highest BCUT2D eigenvalue weighted by Crippen LogP contribution is 2.29. The van der Waals surface area contributed by atoms with Gasteiger partial charge in [0, 0.05) is 55.2 Å². The maximum Gasteiger partial charge on any atom is 0.451 e. The topological polar surface area (TPSA) is 120 Å². The first-order valence-electron chi connectivity index (χ1n) is 14.8. The number of aromatic amines is 1. The van der Waals surface area contributed by atoms with E-state index in [1.807, 2.05) is 4.57 Å². The van der Waals surface area contributed by atoms with E-state index in [2.05, 4.69) is 35.0 Å². The number of benzene rings is 1. The summed E-state index contributed by atoms with van der Waals surface area (Å²) in [5.74, 6) is 0.0708. The third-order valence-corrected chi connectivity index (χ3v) is 8.34. The number of fused-ring (bicyclic) bond motifs is 1. The highest BCUT2D eigenvalue weighted by molar-refractivity contribution is 6.30. The number of halogens is 5. The quantitative estimate of drug-likeness (QED) is 0.212. The lowest BCUT2D eigenvalue weighted by atomic mass is 10.1. The van der Waals surface area contributed by atoms with Crippen LogP contribution < -0.4 is 4.74 Å². The molecular weight excluding hydrogens is 630 g/mol. The first-order chi connectivity index (χ1) is 22.2. The number of pyridine rings is 1. The van der Waals surface area contributed by atoms with Crippen LogP contribution in [0.5, 0.6) is 5.88 Å². The number of alkyl halides is 3. The summed E-state index contributed by atoms with van der Waals surface area (Å²) in [4.78, 5) is 22.6. The second kappa shape index (κ2) is 12.5. The maximum absolute atomic E-state index is 14.3. The maximum atomic E-state index is 14.3. The number of ether oxygens (including phenoxy) is 2. The monoisotopic (exact) mass is 657 g/mol. The van der Waals surface area contributed by atoms with Gasteiger partial charge in [0.2, 0.25) is 11.7 Å². The molecule has 240 valence electrons. The van der Waals surface area contributed by atoms with Crippen LogP contribution in [0.25, 0.3) is 22.6 Å². The van der Waals surface area contributed by atoms with E-state index in [9.17, 15) is 17.6 Å². The molecule has 2 aliphatic heterocycles. The van der Waals surface area contributed by atoms with E-state index in [-0.39, 0.29) is 24.5 Å². The van der Waals surface area contributed by atoms with Crippen molar-refractivity contribution in [3.8, 4) is 17.3 Å². The Labute approximate surface area is 265 Å². The number of aromatic nitrogens is 8. The molecule has 0 amide bonds. The third kappa shape index (κ3) is 6.66. The van der Waals surface area contributed by atoms with E-state index in [4.69, 9.17) is 26.1 Å². The van der Waals surface area contributed by atoms with Crippen LogP contribution in [0, 0.1) is 5.82 Å². The number of H-pyrrole nitrogens is 1. The minimum atomic E-state index is -4.63. The van der Waals surface area contributed by atoms with Crippen molar-refractivity contribution in [2.24, 2.45) is 0 Å². The standard InChI is InChI=1S/C30H28ClF4N9O2/c31-19-2-1-17(22(32)13-19)12-24-36-7-3-26(39-24)46-20-4-8-43(9-5-20)16-25-38-23-11-18(27-40-29(42-41-27)30(33,34)35)14-37-28(23)44(25)15-21-6-10-45-21/h1-3,7,11,13-14,20-21H,4-6,8-10,12,15-16H2,(H,40,41,42). The van der Waals surface area contributed by atoms with Crippen molar-refractivity contribution in [3.63, 3.8) is 0 Å². The van der Waals surface area contributed by atoms with E-state index in [0.29, 0.717) is 58.7 Å². The number of nitrogens with zero attached hydrogens (tertiary/aromatic N) is 8. The van der Waals surface area contributed by atoms with Crippen molar-refractivity contribution < 1.29 is 27.0 Å². The second-order valence-corrected chi connectivity index (χ2v) is 11.8. The average molecular weight is 658 g/mol. The van der Waals surface area contributed by atoms with Gasteiger partial charge in [0.15, 0.2) is 11.5 Å². The normalized spacial score (nSPS) is 17.8. The molecule has 2 aliphatic rings. The fraction of sp³-hybridized carbons (Fsp3) is 0.400. The SMILES string of the molecule is Fc1cc(Cl)ccc1Cc1nccc(OC2CCN(Cc3nc4cc(-c5nnc(C(F)(F)F)[nH]5)cnc4n3CC3CCO3)CC2)n1. The zero-order valence-electron chi connectivity index (χ0n) is 24.3. The Hall–Kier alpha value is -4.21. The molecule has 1 N–H and O–H groups in total. The van der Waals surface area contributed by atoms with Crippen molar-refractivity contribution >= 4 is 22.8 Å². The lowest BCUT2D eigenvalue weighted by Gasteiger charge is -2.32. The van der Waals surface area contributed by atoms with Gasteiger partial charge in [0.25, 0.3) is 0 Å². The third-order valence-electron chi connectivity index (χ3n) is 8.10. The minimum absolute atomic E-state index is 0.0322. The molecule has 0 radical (unpaired) electrons. The average Bonchev–Trinajstić information content (AvgIpc) is 3.63. The van der Waals surface area contributed by atoms with Crippen LogP contribution in [0.2, 0.25) is 5.02 Å². The highest BCUT2D eigenvalue weighted by Gasteiger charge is 2.35. The number of hydrogen-bond acceptors (Lipinski definition) is 9. The molecular formula is C30H28ClF4N9O2. The molecule has 46 heavy (non-hydrogen) atoms. The van der Waals surface area contributed by atoms with E-state index in [0.717, 1.165) is 38.2 Å². The molecule has 1 atom stereocenters. The Morgan fingerprint density at radius 3 is 2.59 bits per heavy atom. The largest absolute Gasteiger partial charge is 0.474 e. The predicted octanol–water partition coefficient (Wildman–Crippen LogP) is 5.24. The number of piperidine rings is 1. The molecule has 0 aliphatic carbocycles. The Balaban J connectivity index is 1.02. The second-order valence-electron chi connectivity index (χ2n) is 11.3. The van der Waals surface area contributed by atoms with Crippen molar-refractivity contribution in [1.29, 1.82) is 0 Å². The number of likely N-dealkylation sites (tertiary alicyclic amines) is 1. The Kier molecular flexibility index (Phi) is 8.29. The van der Waals surface area contributed by atoms with Crippen LogP contribution in [-0.4, -0.2) is 76.5 Å². The fourth-order valence-electron chi connectivity index (χ4n) is 5.57. The predicted molar refractivity (Wildman–Crippen MR) is 157 cm³/mol. The molecule has 2 fully saturated rings. The number of imidazole rings is 1. The molecule has 1 aromatic carbocycles. The van der Waals surface area contributed by atoms with Crippen molar-refractivity contribution in [1.82, 2.24) is 44.6 Å². The summed E-state index contributed by atoms with van der Waals surface area (Å²) >= 11 is 5.86. The Morgan fingerprint density at radius 1 is 1.04 bits per heavy atom. The van der Waals surface area contributed by atoms with Crippen LogP contribution in [0.3, 0.4) is 0 Å². The van der Waals surface area contributed by atoms with Gasteiger partial charge in [-0.1, -0.05) is 17.7 Å². The van der Waals surface area contributed by atoms with Crippen LogP contribution in [-0.2, 0) is 30.4 Å². The molecule has 7 rings (SSSR count). The van der Waals surface area contributed by atoms with Crippen LogP contribution in [0.4, 0.5) is 17.6 Å². The van der Waals surface area contributed by atoms with Gasteiger partial charge in [-0.25, -0.2) is 19.3 Å². The molecule has 0 bridgehead atoms. The highest BCUT2D eigenvalue weighted by atomic mass is 35.5. The molecule has 0 saturated carbocycles. The van der Waals surface area contributed by atoms with E-state index >= 15 is 0 Å². The summed E-state index contributed by atoms with van der Waals surface area (Å²) in [6.45, 7) is 3.33. The van der Waals surface area contributed by atoms with Gasteiger partial charge in [0.1, 0.15) is 29.1 Å². The summed E-state index contributed by atoms with van der Waals surface area (Å²) in [6, 6.07) is 7.89. The summed E-state index contributed by atoms with van der Waals surface area (Å²) in [5, 5.41) is 7.20. The van der Waals surface area contributed by atoms with E-state index in [1.165, 1.54) is 12.3 Å². The van der Waals surface area contributed by atoms with E-state index < -0.39 is 17.8 Å². The van der Waals surface area contributed by atoms with Crippen LogP contribution in [0.15, 0.2) is 42.7 Å². The molecule has 2 saturated heterocycles. The lowest BCUT2D eigenvalue weighted by molar-refractivity contribution is -0.144. The zero-order valence-corrected chi connectivity index (χ0v) is 25.1. The Bertz CT molecular complexity index is 1850. The van der Waals surface area contributed by atoms with Gasteiger partial charge in [-0.05, 0) is 43.0 Å². The van der Waals surface area contributed by atoms with E-state index in [1.54, 1.807) is 30.5 Å². The summed E-state index contributed by atoms with van der Waals surface area (Å²) in [7, 11) is 0. The first-order valence-corrected chi connectivity index (χ1v) is 15.2.